The fraction of sp³-hybridized carbons (Fsp3) is 0.448. The molecular weight excluding hydrogens is 750 g/mol. The number of ether oxygens (including phenoxy) is 4. The molecular formula is C29H34IN6O10P. The van der Waals surface area contributed by atoms with E-state index in [2.05, 4.69) is 20.0 Å². The van der Waals surface area contributed by atoms with Crippen molar-refractivity contribution in [3.8, 4) is 17.4 Å². The van der Waals surface area contributed by atoms with Gasteiger partial charge < -0.3 is 44.3 Å². The number of anilines is 1. The zero-order valence-corrected chi connectivity index (χ0v) is 28.6. The Bertz CT molecular complexity index is 1870. The van der Waals surface area contributed by atoms with E-state index in [0.717, 1.165) is 19.3 Å². The van der Waals surface area contributed by atoms with E-state index in [-0.39, 0.29) is 47.2 Å². The van der Waals surface area contributed by atoms with Gasteiger partial charge in [0.15, 0.2) is 32.7 Å². The highest BCUT2D eigenvalue weighted by atomic mass is 127. The van der Waals surface area contributed by atoms with Crippen molar-refractivity contribution in [2.75, 3.05) is 19.5 Å². The normalized spacial score (nSPS) is 24.9. The summed E-state index contributed by atoms with van der Waals surface area (Å²) in [6, 6.07) is 9.13. The first kappa shape index (κ1) is 33.6. The minimum atomic E-state index is -4.65. The quantitative estimate of drug-likeness (QED) is 0.0639. The summed E-state index contributed by atoms with van der Waals surface area (Å²) in [6.07, 6.45) is -1.45. The number of rotatable bonds is 11. The molecule has 1 aliphatic carbocycles. The van der Waals surface area contributed by atoms with Gasteiger partial charge in [-0.3, -0.25) is 9.36 Å². The van der Waals surface area contributed by atoms with Crippen LogP contribution in [0.5, 0.6) is 17.4 Å². The van der Waals surface area contributed by atoms with Crippen LogP contribution in [0.3, 0.4) is 0 Å². The number of fused-ring (bicyclic) bond motifs is 2. The number of nitrogen functional groups attached to an aromatic ring is 1. The van der Waals surface area contributed by atoms with E-state index in [4.69, 9.17) is 29.2 Å². The summed E-state index contributed by atoms with van der Waals surface area (Å²) in [5, 5.41) is 26.1. The van der Waals surface area contributed by atoms with Gasteiger partial charge in [0, 0.05) is 28.0 Å². The third-order valence-corrected chi connectivity index (χ3v) is 10.1. The van der Waals surface area contributed by atoms with Crippen LogP contribution in [-0.4, -0.2) is 84.3 Å². The Balaban J connectivity index is 1.24. The van der Waals surface area contributed by atoms with E-state index in [0.29, 0.717) is 14.6 Å². The van der Waals surface area contributed by atoms with Crippen LogP contribution in [0, 0.1) is 3.83 Å². The van der Waals surface area contributed by atoms with E-state index in [1.54, 1.807) is 36.4 Å². The maximum atomic E-state index is 13.3. The predicted octanol–water partition coefficient (Wildman–Crippen LogP) is 2.82. The summed E-state index contributed by atoms with van der Waals surface area (Å²) < 4.78 is 43.6. The summed E-state index contributed by atoms with van der Waals surface area (Å²) in [6.45, 7) is 2.51. The van der Waals surface area contributed by atoms with Crippen LogP contribution in [-0.2, 0) is 18.8 Å². The molecule has 1 saturated heterocycles. The van der Waals surface area contributed by atoms with Gasteiger partial charge in [-0.15, -0.1) is 0 Å². The molecule has 1 unspecified atom stereocenters. The third kappa shape index (κ3) is 6.57. The monoisotopic (exact) mass is 784 g/mol. The number of benzene rings is 2. The Labute approximate surface area is 282 Å². The largest absolute Gasteiger partial charge is 0.487 e. The Morgan fingerprint density at radius 3 is 2.70 bits per heavy atom. The highest BCUT2D eigenvalue weighted by molar-refractivity contribution is 14.1. The lowest BCUT2D eigenvalue weighted by molar-refractivity contribution is -0.154. The van der Waals surface area contributed by atoms with Crippen molar-refractivity contribution in [3.63, 3.8) is 0 Å². The van der Waals surface area contributed by atoms with Gasteiger partial charge in [0.25, 0.3) is 0 Å². The highest BCUT2D eigenvalue weighted by Crippen LogP contribution is 2.47. The van der Waals surface area contributed by atoms with Crippen molar-refractivity contribution in [3.05, 3.63) is 40.2 Å². The second-order valence-electron chi connectivity index (χ2n) is 11.6. The minimum Gasteiger partial charge on any atom is -0.487 e. The highest BCUT2D eigenvalue weighted by Gasteiger charge is 2.54. The summed E-state index contributed by atoms with van der Waals surface area (Å²) >= 11 is 1.94. The Kier molecular flexibility index (Phi) is 9.25. The van der Waals surface area contributed by atoms with Gasteiger partial charge in [0.1, 0.15) is 36.6 Å². The number of aliphatic hydroxyl groups excluding tert-OH is 1. The molecule has 16 nitrogen and oxygen atoms in total. The molecule has 6 atom stereocenters. The first-order valence-corrected chi connectivity index (χ1v) is 17.4. The molecule has 252 valence electrons. The molecule has 0 spiro atoms. The SMILES string of the molecule is COc1nc(N)nc2c1nc(I)n2[C@@H]1O[C@H](COc2ccc3ccccc3c2OP(=O)(O)N[C@@H](C)C(=O)OC2CCC2)[C@@H](O)[C@@]1(C)O. The van der Waals surface area contributed by atoms with Gasteiger partial charge in [-0.2, -0.15) is 15.1 Å². The van der Waals surface area contributed by atoms with Crippen LogP contribution >= 0.6 is 30.3 Å². The first-order chi connectivity index (χ1) is 22.3. The maximum absolute atomic E-state index is 13.3. The zero-order valence-electron chi connectivity index (χ0n) is 25.6. The van der Waals surface area contributed by atoms with Gasteiger partial charge in [-0.25, -0.2) is 9.55 Å². The number of esters is 1. The fourth-order valence-electron chi connectivity index (χ4n) is 5.45. The molecule has 2 aliphatic rings. The second-order valence-corrected chi connectivity index (χ2v) is 14.0. The number of carbonyl (C=O) groups excluding carboxylic acids is 1. The van der Waals surface area contributed by atoms with E-state index in [1.807, 2.05) is 22.6 Å². The molecule has 2 fully saturated rings. The smallest absolute Gasteiger partial charge is 0.457 e. The molecule has 0 radical (unpaired) electrons. The minimum absolute atomic E-state index is 0.0521. The second kappa shape index (κ2) is 12.9. The zero-order chi connectivity index (χ0) is 33.7. The Morgan fingerprint density at radius 2 is 2.00 bits per heavy atom. The lowest BCUT2D eigenvalue weighted by atomic mass is 9.96. The summed E-state index contributed by atoms with van der Waals surface area (Å²) in [5.41, 5.74) is 4.53. The molecule has 0 bridgehead atoms. The number of hydrogen-bond donors (Lipinski definition) is 5. The topological polar surface area (TPSA) is 223 Å². The Hall–Kier alpha value is -3.32. The average Bonchev–Trinajstić information content (AvgIpc) is 3.44. The number of imidazole rings is 1. The first-order valence-electron chi connectivity index (χ1n) is 14.7. The standard InChI is InChI=1S/C29H34IN6O10P/c1-14(25(38)44-16-8-6-9-16)35-47(40,41)46-21-17-10-5-4-7-15(17)11-12-18(21)43-13-19-22(37)29(2,39)26(45-19)36-23-20(32-27(36)30)24(42-3)34-28(31)33-23/h4-5,7,10-12,14,16,19,22,26,37,39H,6,8-9,13H2,1-3H3,(H2,31,33,34)(H2,35,40,41)/t14-,19+,22+,26+,29+/m0/s1. The van der Waals surface area contributed by atoms with Crippen molar-refractivity contribution in [2.24, 2.45) is 0 Å². The number of methoxy groups -OCH3 is 1. The van der Waals surface area contributed by atoms with Crippen LogP contribution < -0.4 is 24.8 Å². The number of carbonyl (C=O) groups is 1. The fourth-order valence-corrected chi connectivity index (χ4v) is 7.25. The van der Waals surface area contributed by atoms with E-state index in [1.165, 1.54) is 25.5 Å². The molecule has 6 N–H and O–H groups in total. The van der Waals surface area contributed by atoms with Crippen molar-refractivity contribution in [1.82, 2.24) is 24.6 Å². The van der Waals surface area contributed by atoms with Crippen molar-refractivity contribution in [2.45, 2.75) is 69.3 Å². The van der Waals surface area contributed by atoms with Crippen molar-refractivity contribution >= 4 is 64.2 Å². The molecule has 18 heteroatoms. The number of nitrogens with two attached hydrogens (primary N) is 1. The van der Waals surface area contributed by atoms with E-state index in [9.17, 15) is 24.5 Å². The number of nitrogens with zero attached hydrogens (tertiary/aromatic N) is 4. The molecule has 0 amide bonds. The molecule has 4 aromatic rings. The summed E-state index contributed by atoms with van der Waals surface area (Å²) in [7, 11) is -3.24. The van der Waals surface area contributed by atoms with Crippen LogP contribution in [0.4, 0.5) is 5.95 Å². The van der Waals surface area contributed by atoms with Crippen LogP contribution in [0.15, 0.2) is 36.4 Å². The molecule has 2 aromatic heterocycles. The van der Waals surface area contributed by atoms with Gasteiger partial charge in [-0.05, 0) is 44.6 Å². The van der Waals surface area contributed by atoms with E-state index < -0.39 is 43.8 Å². The van der Waals surface area contributed by atoms with Gasteiger partial charge in [0.05, 0.1) is 7.11 Å². The van der Waals surface area contributed by atoms with Gasteiger partial charge in [0.2, 0.25) is 11.8 Å². The number of nitrogens with one attached hydrogen (secondary N) is 1. The number of hydrogen-bond acceptors (Lipinski definition) is 13. The number of halogens is 1. The van der Waals surface area contributed by atoms with Crippen LogP contribution in [0.1, 0.15) is 39.3 Å². The van der Waals surface area contributed by atoms with Crippen LogP contribution in [0.25, 0.3) is 21.9 Å². The molecule has 6 rings (SSSR count). The Morgan fingerprint density at radius 1 is 1.26 bits per heavy atom. The lowest BCUT2D eigenvalue weighted by Crippen LogP contribution is -2.45. The molecule has 1 aliphatic heterocycles. The average molecular weight is 785 g/mol. The molecule has 47 heavy (non-hydrogen) atoms. The lowest BCUT2D eigenvalue weighted by Gasteiger charge is -2.28. The summed E-state index contributed by atoms with van der Waals surface area (Å²) in [5.74, 6) is -0.646. The molecule has 1 saturated carbocycles. The molecule has 2 aromatic carbocycles. The predicted molar refractivity (Wildman–Crippen MR) is 176 cm³/mol. The maximum Gasteiger partial charge on any atom is 0.457 e. The van der Waals surface area contributed by atoms with Crippen LogP contribution in [0.2, 0.25) is 0 Å². The van der Waals surface area contributed by atoms with Gasteiger partial charge >= 0.3 is 13.7 Å². The summed E-state index contributed by atoms with van der Waals surface area (Å²) in [4.78, 5) is 36.0. The molecule has 3 heterocycles. The number of aliphatic hydroxyl groups is 2. The van der Waals surface area contributed by atoms with Gasteiger partial charge in [-0.1, -0.05) is 30.3 Å². The van der Waals surface area contributed by atoms with Crippen molar-refractivity contribution in [1.29, 1.82) is 0 Å². The van der Waals surface area contributed by atoms with Crippen molar-refractivity contribution < 1.29 is 47.9 Å². The third-order valence-electron chi connectivity index (χ3n) is 8.17. The number of aromatic nitrogens is 4. The van der Waals surface area contributed by atoms with E-state index >= 15 is 0 Å².